The molecule has 1 N–H and O–H groups in total. The van der Waals surface area contributed by atoms with Crippen molar-refractivity contribution in [1.29, 1.82) is 0 Å². The lowest BCUT2D eigenvalue weighted by atomic mass is 9.86. The first kappa shape index (κ1) is 17.0. The summed E-state index contributed by atoms with van der Waals surface area (Å²) in [6, 6.07) is 5.84. The van der Waals surface area contributed by atoms with Crippen LogP contribution in [0, 0.1) is 11.8 Å². The van der Waals surface area contributed by atoms with E-state index in [0.29, 0.717) is 18.3 Å². The molecular weight excluding hydrogens is 263 g/mol. The number of likely N-dealkylation sites (N-methyl/N-ethyl adjacent to an activating group) is 1. The first-order valence-corrected chi connectivity index (χ1v) is 7.15. The fourth-order valence-corrected chi connectivity index (χ4v) is 2.30. The molecule has 0 radical (unpaired) electrons. The zero-order chi connectivity index (χ0) is 15.3. The Morgan fingerprint density at radius 1 is 1.15 bits per heavy atom. The molecule has 0 spiro atoms. The molecule has 0 aliphatic rings. The van der Waals surface area contributed by atoms with Crippen LogP contribution in [0.5, 0.6) is 0 Å². The molecule has 0 amide bonds. The van der Waals surface area contributed by atoms with Gasteiger partial charge in [-0.1, -0.05) is 45.9 Å². The number of alkyl halides is 3. The van der Waals surface area contributed by atoms with E-state index in [9.17, 15) is 13.2 Å². The van der Waals surface area contributed by atoms with Gasteiger partial charge in [0.05, 0.1) is 5.56 Å². The van der Waals surface area contributed by atoms with E-state index in [4.69, 9.17) is 0 Å². The second-order valence-electron chi connectivity index (χ2n) is 5.67. The molecule has 4 heteroatoms. The van der Waals surface area contributed by atoms with Crippen LogP contribution in [0.15, 0.2) is 24.3 Å². The van der Waals surface area contributed by atoms with Crippen molar-refractivity contribution in [3.05, 3.63) is 35.4 Å². The van der Waals surface area contributed by atoms with Gasteiger partial charge in [0.2, 0.25) is 0 Å². The SMILES string of the molecule is CCNC(Cc1cccc(C(F)(F)F)c1)C(C)C(C)C. The van der Waals surface area contributed by atoms with Crippen LogP contribution in [0.1, 0.15) is 38.8 Å². The van der Waals surface area contributed by atoms with Crippen molar-refractivity contribution in [2.75, 3.05) is 6.54 Å². The number of benzene rings is 1. The first-order valence-electron chi connectivity index (χ1n) is 7.15. The molecule has 1 aromatic carbocycles. The highest BCUT2D eigenvalue weighted by molar-refractivity contribution is 5.26. The Hall–Kier alpha value is -1.03. The molecule has 1 nitrogen and oxygen atoms in total. The minimum absolute atomic E-state index is 0.198. The van der Waals surface area contributed by atoms with Crippen molar-refractivity contribution in [3.8, 4) is 0 Å². The molecule has 2 unspecified atom stereocenters. The lowest BCUT2D eigenvalue weighted by Crippen LogP contribution is -2.39. The molecule has 20 heavy (non-hydrogen) atoms. The average molecular weight is 287 g/mol. The van der Waals surface area contributed by atoms with Gasteiger partial charge in [0.1, 0.15) is 0 Å². The Balaban J connectivity index is 2.88. The van der Waals surface area contributed by atoms with E-state index in [1.54, 1.807) is 6.07 Å². The molecule has 0 aliphatic carbocycles. The minimum atomic E-state index is -4.27. The van der Waals surface area contributed by atoms with Gasteiger partial charge in [0, 0.05) is 6.04 Å². The summed E-state index contributed by atoms with van der Waals surface area (Å²) in [5.74, 6) is 0.898. The highest BCUT2D eigenvalue weighted by Gasteiger charge is 2.30. The van der Waals surface area contributed by atoms with Gasteiger partial charge in [-0.15, -0.1) is 0 Å². The van der Waals surface area contributed by atoms with Crippen molar-refractivity contribution in [3.63, 3.8) is 0 Å². The van der Waals surface area contributed by atoms with Crippen LogP contribution in [0.25, 0.3) is 0 Å². The molecule has 0 bridgehead atoms. The van der Waals surface area contributed by atoms with E-state index in [0.717, 1.165) is 18.2 Å². The standard InChI is InChI=1S/C16H24F3N/c1-5-20-15(12(4)11(2)3)10-13-7-6-8-14(9-13)16(17,18)19/h6-9,11-12,15,20H,5,10H2,1-4H3. The summed E-state index contributed by atoms with van der Waals surface area (Å²) in [6.45, 7) is 9.26. The van der Waals surface area contributed by atoms with Crippen LogP contribution in [0.2, 0.25) is 0 Å². The third kappa shape index (κ3) is 4.82. The van der Waals surface area contributed by atoms with Crippen LogP contribution in [-0.2, 0) is 12.6 Å². The smallest absolute Gasteiger partial charge is 0.314 e. The van der Waals surface area contributed by atoms with Gasteiger partial charge >= 0.3 is 6.18 Å². The summed E-state index contributed by atoms with van der Waals surface area (Å²) >= 11 is 0. The van der Waals surface area contributed by atoms with Crippen LogP contribution >= 0.6 is 0 Å². The molecule has 114 valence electrons. The summed E-state index contributed by atoms with van der Waals surface area (Å²) in [5, 5.41) is 3.39. The molecule has 1 rings (SSSR count). The second kappa shape index (κ2) is 7.11. The van der Waals surface area contributed by atoms with Crippen LogP contribution in [0.3, 0.4) is 0 Å². The number of rotatable bonds is 6. The topological polar surface area (TPSA) is 12.0 Å². The predicted octanol–water partition coefficient (Wildman–Crippen LogP) is 4.52. The zero-order valence-corrected chi connectivity index (χ0v) is 12.6. The Kier molecular flexibility index (Phi) is 6.06. The van der Waals surface area contributed by atoms with Crippen molar-refractivity contribution >= 4 is 0 Å². The van der Waals surface area contributed by atoms with Gasteiger partial charge in [-0.05, 0) is 36.4 Å². The predicted molar refractivity (Wildman–Crippen MR) is 76.6 cm³/mol. The zero-order valence-electron chi connectivity index (χ0n) is 12.6. The van der Waals surface area contributed by atoms with Crippen molar-refractivity contribution in [2.45, 2.75) is 46.3 Å². The van der Waals surface area contributed by atoms with Gasteiger partial charge < -0.3 is 5.32 Å². The maximum absolute atomic E-state index is 12.7. The van der Waals surface area contributed by atoms with Gasteiger partial charge in [0.25, 0.3) is 0 Å². The fourth-order valence-electron chi connectivity index (χ4n) is 2.30. The third-order valence-electron chi connectivity index (χ3n) is 3.86. The van der Waals surface area contributed by atoms with E-state index in [1.807, 2.05) is 6.92 Å². The molecule has 2 atom stereocenters. The number of nitrogens with one attached hydrogen (secondary N) is 1. The maximum Gasteiger partial charge on any atom is 0.416 e. The molecular formula is C16H24F3N. The van der Waals surface area contributed by atoms with Crippen LogP contribution in [0.4, 0.5) is 13.2 Å². The van der Waals surface area contributed by atoms with Gasteiger partial charge in [-0.3, -0.25) is 0 Å². The monoisotopic (exact) mass is 287 g/mol. The van der Waals surface area contributed by atoms with E-state index in [1.165, 1.54) is 12.1 Å². The Bertz CT molecular complexity index is 412. The highest BCUT2D eigenvalue weighted by Crippen LogP contribution is 2.30. The van der Waals surface area contributed by atoms with Crippen LogP contribution in [-0.4, -0.2) is 12.6 Å². The number of hydrogen-bond donors (Lipinski definition) is 1. The highest BCUT2D eigenvalue weighted by atomic mass is 19.4. The van der Waals surface area contributed by atoms with Crippen molar-refractivity contribution < 1.29 is 13.2 Å². The van der Waals surface area contributed by atoms with E-state index < -0.39 is 11.7 Å². The van der Waals surface area contributed by atoms with Gasteiger partial charge in [0.15, 0.2) is 0 Å². The largest absolute Gasteiger partial charge is 0.416 e. The van der Waals surface area contributed by atoms with Crippen molar-refractivity contribution in [2.24, 2.45) is 11.8 Å². The summed E-state index contributed by atoms with van der Waals surface area (Å²) in [7, 11) is 0. The lowest BCUT2D eigenvalue weighted by molar-refractivity contribution is -0.137. The normalized spacial score (nSPS) is 15.4. The summed E-state index contributed by atoms with van der Waals surface area (Å²) in [4.78, 5) is 0. The number of hydrogen-bond acceptors (Lipinski definition) is 1. The fraction of sp³-hybridized carbons (Fsp3) is 0.625. The molecule has 0 aliphatic heterocycles. The summed E-state index contributed by atoms with van der Waals surface area (Å²) in [5.41, 5.74) is 0.167. The van der Waals surface area contributed by atoms with Gasteiger partial charge in [-0.25, -0.2) is 0 Å². The number of halogens is 3. The Morgan fingerprint density at radius 3 is 2.30 bits per heavy atom. The van der Waals surface area contributed by atoms with Crippen LogP contribution < -0.4 is 5.32 Å². The quantitative estimate of drug-likeness (QED) is 0.811. The lowest BCUT2D eigenvalue weighted by Gasteiger charge is -2.28. The molecule has 1 aromatic rings. The first-order chi connectivity index (χ1) is 9.25. The molecule has 0 aromatic heterocycles. The molecule has 0 fully saturated rings. The average Bonchev–Trinajstić information content (AvgIpc) is 2.36. The van der Waals surface area contributed by atoms with Gasteiger partial charge in [-0.2, -0.15) is 13.2 Å². The summed E-state index contributed by atoms with van der Waals surface area (Å²) in [6.07, 6.45) is -3.65. The second-order valence-corrected chi connectivity index (χ2v) is 5.67. The summed E-state index contributed by atoms with van der Waals surface area (Å²) < 4.78 is 38.2. The molecule has 0 saturated carbocycles. The molecule has 0 saturated heterocycles. The van der Waals surface area contributed by atoms with Crippen molar-refractivity contribution in [1.82, 2.24) is 5.32 Å². The Morgan fingerprint density at radius 2 is 1.80 bits per heavy atom. The van der Waals surface area contributed by atoms with E-state index in [2.05, 4.69) is 26.1 Å². The Labute approximate surface area is 119 Å². The molecule has 0 heterocycles. The third-order valence-corrected chi connectivity index (χ3v) is 3.86. The van der Waals surface area contributed by atoms with E-state index in [-0.39, 0.29) is 6.04 Å². The maximum atomic E-state index is 12.7. The van der Waals surface area contributed by atoms with E-state index >= 15 is 0 Å². The minimum Gasteiger partial charge on any atom is -0.314 e.